The molecule has 1 saturated heterocycles. The molecular formula is C19H25ClN2O5. The summed E-state index contributed by atoms with van der Waals surface area (Å²) in [5, 5.41) is 13.6. The fourth-order valence-electron chi connectivity index (χ4n) is 4.15. The van der Waals surface area contributed by atoms with Crippen molar-refractivity contribution in [2.24, 2.45) is 0 Å². The van der Waals surface area contributed by atoms with Gasteiger partial charge in [0.05, 0.1) is 19.3 Å². The van der Waals surface area contributed by atoms with Gasteiger partial charge < -0.3 is 9.73 Å². The number of hydroxylamine groups is 4. The molecule has 1 N–H and O–H groups in total. The number of aryl methyl sites for hydroxylation is 2. The number of hydrogen-bond donors (Lipinski definition) is 1. The predicted octanol–water partition coefficient (Wildman–Crippen LogP) is 3.35. The van der Waals surface area contributed by atoms with E-state index in [1.54, 1.807) is 19.2 Å². The topological polar surface area (TPSA) is 71.5 Å². The molecule has 2 aliphatic rings. The Balaban J connectivity index is 2.17. The first-order chi connectivity index (χ1) is 12.9. The summed E-state index contributed by atoms with van der Waals surface area (Å²) in [5.74, 6) is -0.0921. The maximum absolute atomic E-state index is 13.4. The van der Waals surface area contributed by atoms with Gasteiger partial charge in [0.25, 0.3) is 5.91 Å². The zero-order valence-corrected chi connectivity index (χ0v) is 16.8. The summed E-state index contributed by atoms with van der Waals surface area (Å²) in [4.78, 5) is 29.3. The number of halogens is 1. The number of rotatable bonds is 5. The molecule has 0 aliphatic carbocycles. The lowest BCUT2D eigenvalue weighted by molar-refractivity contribution is -0.264. The summed E-state index contributed by atoms with van der Waals surface area (Å²) in [7, 11) is 1.61. The molecule has 0 atom stereocenters. The van der Waals surface area contributed by atoms with Gasteiger partial charge in [0.1, 0.15) is 5.54 Å². The lowest BCUT2D eigenvalue weighted by Crippen LogP contribution is -2.55. The first-order valence-corrected chi connectivity index (χ1v) is 9.37. The molecule has 3 rings (SSSR count). The minimum atomic E-state index is -0.870. The van der Waals surface area contributed by atoms with Crippen LogP contribution < -0.4 is 0 Å². The maximum atomic E-state index is 13.4. The van der Waals surface area contributed by atoms with Gasteiger partial charge in [-0.25, -0.2) is 10.3 Å². The SMILES string of the molecule is CCON1C(=O)C(c2c(C)cc(Cl)cc2C)=C(OO)C12CCN(OC)CC2. The van der Waals surface area contributed by atoms with E-state index >= 15 is 0 Å². The van der Waals surface area contributed by atoms with E-state index in [0.29, 0.717) is 48.7 Å². The molecule has 0 saturated carbocycles. The minimum absolute atomic E-state index is 0.227. The van der Waals surface area contributed by atoms with Crippen molar-refractivity contribution in [2.75, 3.05) is 26.8 Å². The van der Waals surface area contributed by atoms with Crippen molar-refractivity contribution in [3.63, 3.8) is 0 Å². The van der Waals surface area contributed by atoms with Crippen LogP contribution >= 0.6 is 11.6 Å². The number of amides is 1. The van der Waals surface area contributed by atoms with Gasteiger partial charge >= 0.3 is 0 Å². The van der Waals surface area contributed by atoms with Crippen LogP contribution in [-0.2, 0) is 19.4 Å². The Labute approximate surface area is 163 Å². The maximum Gasteiger partial charge on any atom is 0.282 e. The number of carbonyl (C=O) groups excluding carboxylic acids is 1. The van der Waals surface area contributed by atoms with E-state index in [4.69, 9.17) is 26.2 Å². The van der Waals surface area contributed by atoms with Crippen molar-refractivity contribution < 1.29 is 24.6 Å². The lowest BCUT2D eigenvalue weighted by Gasteiger charge is -2.42. The van der Waals surface area contributed by atoms with Crippen LogP contribution in [0.15, 0.2) is 17.9 Å². The standard InChI is InChI=1S/C19H25ClN2O5/c1-5-26-22-18(23)16(15-12(2)10-14(20)11-13(15)3)17(27-24)19(22)6-8-21(25-4)9-7-19/h10-11,24H,5-9H2,1-4H3. The highest BCUT2D eigenvalue weighted by Crippen LogP contribution is 2.48. The highest BCUT2D eigenvalue weighted by Gasteiger charge is 2.57. The summed E-state index contributed by atoms with van der Waals surface area (Å²) >= 11 is 6.15. The molecule has 8 heteroatoms. The third-order valence-electron chi connectivity index (χ3n) is 5.34. The fraction of sp³-hybridized carbons (Fsp3) is 0.526. The average molecular weight is 397 g/mol. The van der Waals surface area contributed by atoms with E-state index in [-0.39, 0.29) is 11.7 Å². The molecule has 2 heterocycles. The van der Waals surface area contributed by atoms with Gasteiger partial charge in [0, 0.05) is 18.1 Å². The Bertz CT molecular complexity index is 748. The number of benzene rings is 1. The number of hydrogen-bond acceptors (Lipinski definition) is 6. The van der Waals surface area contributed by atoms with Crippen LogP contribution in [0, 0.1) is 13.8 Å². The molecule has 27 heavy (non-hydrogen) atoms. The van der Waals surface area contributed by atoms with E-state index < -0.39 is 5.54 Å². The van der Waals surface area contributed by atoms with Gasteiger partial charge in [-0.05, 0) is 62.4 Å². The highest BCUT2D eigenvalue weighted by atomic mass is 35.5. The highest BCUT2D eigenvalue weighted by molar-refractivity contribution is 6.31. The van der Waals surface area contributed by atoms with Crippen LogP contribution in [0.5, 0.6) is 0 Å². The molecule has 1 amide bonds. The van der Waals surface area contributed by atoms with Crippen molar-refractivity contribution >= 4 is 23.1 Å². The van der Waals surface area contributed by atoms with Crippen molar-refractivity contribution in [3.8, 4) is 0 Å². The van der Waals surface area contributed by atoms with E-state index in [9.17, 15) is 10.1 Å². The third-order valence-corrected chi connectivity index (χ3v) is 5.56. The van der Waals surface area contributed by atoms with Crippen molar-refractivity contribution in [1.82, 2.24) is 10.1 Å². The van der Waals surface area contributed by atoms with Gasteiger partial charge in [-0.1, -0.05) is 11.6 Å². The van der Waals surface area contributed by atoms with Crippen molar-refractivity contribution in [1.29, 1.82) is 0 Å². The quantitative estimate of drug-likeness (QED) is 0.608. The van der Waals surface area contributed by atoms with E-state index in [0.717, 1.165) is 11.1 Å². The molecule has 1 aromatic rings. The van der Waals surface area contributed by atoms with Crippen LogP contribution in [-0.4, -0.2) is 53.6 Å². The van der Waals surface area contributed by atoms with Crippen LogP contribution in [0.2, 0.25) is 5.02 Å². The molecule has 1 aromatic carbocycles. The van der Waals surface area contributed by atoms with Crippen LogP contribution in [0.25, 0.3) is 5.57 Å². The molecule has 1 fully saturated rings. The fourth-order valence-corrected chi connectivity index (χ4v) is 4.48. The molecule has 0 bridgehead atoms. The summed E-state index contributed by atoms with van der Waals surface area (Å²) in [6, 6.07) is 3.59. The first kappa shape index (κ1) is 20.1. The summed E-state index contributed by atoms with van der Waals surface area (Å²) in [6.45, 7) is 7.06. The summed E-state index contributed by atoms with van der Waals surface area (Å²) < 4.78 is 0. The average Bonchev–Trinajstić information content (AvgIpc) is 2.84. The van der Waals surface area contributed by atoms with E-state index in [1.807, 2.05) is 25.8 Å². The van der Waals surface area contributed by atoms with Crippen LogP contribution in [0.1, 0.15) is 36.5 Å². The normalized spacial score (nSPS) is 20.1. The number of carbonyl (C=O) groups is 1. The largest absolute Gasteiger partial charge is 0.341 e. The smallest absolute Gasteiger partial charge is 0.282 e. The Kier molecular flexibility index (Phi) is 5.79. The molecule has 0 unspecified atom stereocenters. The third kappa shape index (κ3) is 3.23. The number of nitrogens with zero attached hydrogens (tertiary/aromatic N) is 2. The summed E-state index contributed by atoms with van der Waals surface area (Å²) in [6.07, 6.45) is 1.02. The second-order valence-electron chi connectivity index (χ2n) is 6.87. The van der Waals surface area contributed by atoms with Gasteiger partial charge in [0.15, 0.2) is 5.76 Å². The van der Waals surface area contributed by atoms with Crippen molar-refractivity contribution in [2.45, 2.75) is 39.2 Å². The zero-order valence-electron chi connectivity index (χ0n) is 16.0. The Morgan fingerprint density at radius 1 is 1.22 bits per heavy atom. The van der Waals surface area contributed by atoms with E-state index in [1.165, 1.54) is 5.06 Å². The molecule has 0 radical (unpaired) electrons. The second kappa shape index (κ2) is 7.77. The predicted molar refractivity (Wildman–Crippen MR) is 101 cm³/mol. The molecule has 7 nitrogen and oxygen atoms in total. The molecule has 2 aliphatic heterocycles. The van der Waals surface area contributed by atoms with E-state index in [2.05, 4.69) is 0 Å². The minimum Gasteiger partial charge on any atom is -0.341 e. The Morgan fingerprint density at radius 2 is 1.81 bits per heavy atom. The number of piperidine rings is 1. The lowest BCUT2D eigenvalue weighted by atomic mass is 9.85. The second-order valence-corrected chi connectivity index (χ2v) is 7.31. The van der Waals surface area contributed by atoms with Crippen LogP contribution in [0.3, 0.4) is 0 Å². The zero-order chi connectivity index (χ0) is 19.8. The monoisotopic (exact) mass is 396 g/mol. The van der Waals surface area contributed by atoms with Crippen LogP contribution in [0.4, 0.5) is 0 Å². The molecule has 148 valence electrons. The molecular weight excluding hydrogens is 372 g/mol. The molecule has 0 aromatic heterocycles. The first-order valence-electron chi connectivity index (χ1n) is 8.99. The van der Waals surface area contributed by atoms with Gasteiger partial charge in [-0.2, -0.15) is 5.06 Å². The van der Waals surface area contributed by atoms with Gasteiger partial charge in [-0.15, -0.1) is 0 Å². The Hall–Kier alpha value is -1.64. The van der Waals surface area contributed by atoms with Crippen molar-refractivity contribution in [3.05, 3.63) is 39.6 Å². The molecule has 1 spiro atoms. The van der Waals surface area contributed by atoms with Gasteiger partial charge in [0.2, 0.25) is 0 Å². The van der Waals surface area contributed by atoms with Gasteiger partial charge in [-0.3, -0.25) is 9.63 Å². The Morgan fingerprint density at radius 3 is 2.30 bits per heavy atom. The summed E-state index contributed by atoms with van der Waals surface area (Å²) in [5.41, 5.74) is 1.83.